The summed E-state index contributed by atoms with van der Waals surface area (Å²) in [6, 6.07) is 17.8. The summed E-state index contributed by atoms with van der Waals surface area (Å²) in [6.45, 7) is 4.84. The molecular formula is C28H27N3O4S. The molecule has 0 saturated carbocycles. The summed E-state index contributed by atoms with van der Waals surface area (Å²) in [7, 11) is -2.44. The Morgan fingerprint density at radius 3 is 2.47 bits per heavy atom. The van der Waals surface area contributed by atoms with Crippen molar-refractivity contribution in [3.63, 3.8) is 0 Å². The maximum Gasteiger partial charge on any atom is 0.264 e. The molecule has 1 aromatic heterocycles. The number of pyridine rings is 1. The van der Waals surface area contributed by atoms with E-state index in [1.807, 2.05) is 44.2 Å². The van der Waals surface area contributed by atoms with Crippen molar-refractivity contribution in [2.45, 2.75) is 31.7 Å². The molecule has 0 bridgehead atoms. The zero-order valence-electron chi connectivity index (χ0n) is 20.4. The Balaban J connectivity index is 1.50. The largest absolute Gasteiger partial charge is 0.360 e. The molecule has 1 N–H and O–H groups in total. The Morgan fingerprint density at radius 1 is 0.972 bits per heavy atom. The molecule has 0 saturated heterocycles. The fraction of sp³-hybridized carbons (Fsp3) is 0.214. The van der Waals surface area contributed by atoms with Gasteiger partial charge in [0.1, 0.15) is 5.56 Å². The number of hydrogen-bond acceptors (Lipinski definition) is 4. The van der Waals surface area contributed by atoms with Crippen molar-refractivity contribution >= 4 is 32.5 Å². The second kappa shape index (κ2) is 8.95. The second-order valence-electron chi connectivity index (χ2n) is 9.23. The molecule has 184 valence electrons. The number of aromatic amines is 1. The van der Waals surface area contributed by atoms with Crippen molar-refractivity contribution < 1.29 is 13.2 Å². The molecule has 5 rings (SSSR count). The fourth-order valence-electron chi connectivity index (χ4n) is 4.57. The summed E-state index contributed by atoms with van der Waals surface area (Å²) < 4.78 is 28.0. The summed E-state index contributed by atoms with van der Waals surface area (Å²) in [4.78, 5) is 31.3. The molecule has 7 nitrogen and oxygen atoms in total. The Hall–Kier alpha value is -3.91. The molecule has 0 fully saturated rings. The number of rotatable bonds is 4. The molecule has 1 amide bonds. The average molecular weight is 502 g/mol. The molecular weight excluding hydrogens is 474 g/mol. The first-order chi connectivity index (χ1) is 17.2. The molecule has 4 aromatic rings. The maximum absolute atomic E-state index is 13.4. The van der Waals surface area contributed by atoms with Crippen molar-refractivity contribution in [3.8, 4) is 0 Å². The van der Waals surface area contributed by atoms with Crippen LogP contribution in [0.25, 0.3) is 10.9 Å². The summed E-state index contributed by atoms with van der Waals surface area (Å²) >= 11 is 0. The standard InChI is InChI=1S/C28H27N3O4S/c1-18-8-9-22(14-19(18)2)30(3)36(34,35)23-10-11-26-24(15-23)27(32)25(16-29-26)28(33)31-13-12-20-6-4-5-7-21(20)17-31/h4-11,14-16H,12-13,17H2,1-3H3,(H,29,32). The first-order valence-electron chi connectivity index (χ1n) is 11.7. The van der Waals surface area contributed by atoms with Gasteiger partial charge in [-0.15, -0.1) is 0 Å². The molecule has 0 spiro atoms. The highest BCUT2D eigenvalue weighted by Gasteiger charge is 2.26. The lowest BCUT2D eigenvalue weighted by atomic mass is 9.99. The zero-order valence-corrected chi connectivity index (χ0v) is 21.2. The van der Waals surface area contributed by atoms with E-state index in [9.17, 15) is 18.0 Å². The van der Waals surface area contributed by atoms with Crippen LogP contribution in [0.15, 0.2) is 76.6 Å². The first-order valence-corrected chi connectivity index (χ1v) is 13.2. The van der Waals surface area contributed by atoms with Gasteiger partial charge < -0.3 is 9.88 Å². The van der Waals surface area contributed by atoms with E-state index >= 15 is 0 Å². The molecule has 0 aliphatic carbocycles. The van der Waals surface area contributed by atoms with E-state index in [0.717, 1.165) is 23.1 Å². The van der Waals surface area contributed by atoms with Gasteiger partial charge >= 0.3 is 0 Å². The minimum absolute atomic E-state index is 0.000979. The topological polar surface area (TPSA) is 90.6 Å². The highest BCUT2D eigenvalue weighted by molar-refractivity contribution is 7.92. The smallest absolute Gasteiger partial charge is 0.264 e. The van der Waals surface area contributed by atoms with E-state index in [1.54, 1.807) is 17.0 Å². The van der Waals surface area contributed by atoms with Crippen LogP contribution in [0.5, 0.6) is 0 Å². The predicted octanol–water partition coefficient (Wildman–Crippen LogP) is 4.17. The zero-order chi connectivity index (χ0) is 25.6. The number of aromatic nitrogens is 1. The molecule has 0 unspecified atom stereocenters. The van der Waals surface area contributed by atoms with Crippen LogP contribution in [0.1, 0.15) is 32.6 Å². The van der Waals surface area contributed by atoms with Crippen molar-refractivity contribution in [2.75, 3.05) is 17.9 Å². The summed E-state index contributed by atoms with van der Waals surface area (Å²) in [5.74, 6) is -0.367. The molecule has 8 heteroatoms. The molecule has 0 radical (unpaired) electrons. The number of carbonyl (C=O) groups excluding carboxylic acids is 1. The Labute approximate surface area is 210 Å². The average Bonchev–Trinajstić information content (AvgIpc) is 2.89. The van der Waals surface area contributed by atoms with Crippen LogP contribution >= 0.6 is 0 Å². The number of hydrogen-bond donors (Lipinski definition) is 1. The number of anilines is 1. The van der Waals surface area contributed by atoms with Gasteiger partial charge in [0, 0.05) is 37.2 Å². The summed E-state index contributed by atoms with van der Waals surface area (Å²) in [5.41, 5.74) is 4.82. The van der Waals surface area contributed by atoms with Gasteiger partial charge in [-0.1, -0.05) is 30.3 Å². The van der Waals surface area contributed by atoms with E-state index in [-0.39, 0.29) is 21.8 Å². The van der Waals surface area contributed by atoms with Gasteiger partial charge in [-0.3, -0.25) is 13.9 Å². The highest BCUT2D eigenvalue weighted by Crippen LogP contribution is 2.26. The van der Waals surface area contributed by atoms with Gasteiger partial charge in [-0.05, 0) is 72.9 Å². The van der Waals surface area contributed by atoms with Crippen LogP contribution in [0.3, 0.4) is 0 Å². The third kappa shape index (κ3) is 4.07. The van der Waals surface area contributed by atoms with E-state index in [0.29, 0.717) is 24.3 Å². The van der Waals surface area contributed by atoms with Gasteiger partial charge in [0.05, 0.1) is 10.6 Å². The number of H-pyrrole nitrogens is 1. The first kappa shape index (κ1) is 23.8. The van der Waals surface area contributed by atoms with Crippen LogP contribution in [0.2, 0.25) is 0 Å². The molecule has 0 atom stereocenters. The van der Waals surface area contributed by atoms with Gasteiger partial charge in [0.2, 0.25) is 5.43 Å². The molecule has 36 heavy (non-hydrogen) atoms. The number of amides is 1. The van der Waals surface area contributed by atoms with Crippen LogP contribution in [-0.4, -0.2) is 37.8 Å². The van der Waals surface area contributed by atoms with Gasteiger partial charge in [-0.2, -0.15) is 0 Å². The number of aryl methyl sites for hydroxylation is 2. The number of nitrogens with zero attached hydrogens (tertiary/aromatic N) is 2. The van der Waals surface area contributed by atoms with Crippen molar-refractivity contribution in [2.24, 2.45) is 0 Å². The van der Waals surface area contributed by atoms with Crippen molar-refractivity contribution in [3.05, 3.63) is 105 Å². The number of benzene rings is 3. The SMILES string of the molecule is Cc1ccc(N(C)S(=O)(=O)c2ccc3[nH]cc(C(=O)N4CCc5ccccc5C4)c(=O)c3c2)cc1C. The Morgan fingerprint density at radius 2 is 1.72 bits per heavy atom. The molecule has 1 aliphatic heterocycles. The molecule has 3 aromatic carbocycles. The number of sulfonamides is 1. The van der Waals surface area contributed by atoms with Gasteiger partial charge in [-0.25, -0.2) is 8.42 Å². The maximum atomic E-state index is 13.4. The number of nitrogens with one attached hydrogen (secondary N) is 1. The van der Waals surface area contributed by atoms with Crippen molar-refractivity contribution in [1.29, 1.82) is 0 Å². The fourth-order valence-corrected chi connectivity index (χ4v) is 5.79. The highest BCUT2D eigenvalue weighted by atomic mass is 32.2. The lowest BCUT2D eigenvalue weighted by molar-refractivity contribution is 0.0733. The number of carbonyl (C=O) groups is 1. The lowest BCUT2D eigenvalue weighted by Gasteiger charge is -2.28. The van der Waals surface area contributed by atoms with E-state index in [2.05, 4.69) is 11.1 Å². The minimum Gasteiger partial charge on any atom is -0.360 e. The van der Waals surface area contributed by atoms with Gasteiger partial charge in [0.15, 0.2) is 0 Å². The van der Waals surface area contributed by atoms with Crippen molar-refractivity contribution in [1.82, 2.24) is 9.88 Å². The van der Waals surface area contributed by atoms with Crippen LogP contribution in [0, 0.1) is 13.8 Å². The Kier molecular flexibility index (Phi) is 5.92. The summed E-state index contributed by atoms with van der Waals surface area (Å²) in [5, 5.41) is 0.160. The number of fused-ring (bicyclic) bond motifs is 2. The lowest BCUT2D eigenvalue weighted by Crippen LogP contribution is -2.38. The minimum atomic E-state index is -3.93. The molecule has 1 aliphatic rings. The normalized spacial score (nSPS) is 13.5. The van der Waals surface area contributed by atoms with E-state index in [1.165, 1.54) is 35.2 Å². The molecule has 2 heterocycles. The quantitative estimate of drug-likeness (QED) is 0.455. The van der Waals surface area contributed by atoms with Crippen LogP contribution < -0.4 is 9.73 Å². The Bertz CT molecular complexity index is 1670. The third-order valence-corrected chi connectivity index (χ3v) is 8.79. The summed E-state index contributed by atoms with van der Waals surface area (Å²) in [6.07, 6.45) is 2.14. The predicted molar refractivity (Wildman–Crippen MR) is 141 cm³/mol. The third-order valence-electron chi connectivity index (χ3n) is 7.01. The monoisotopic (exact) mass is 501 g/mol. The van der Waals surface area contributed by atoms with E-state index < -0.39 is 15.5 Å². The van der Waals surface area contributed by atoms with Crippen LogP contribution in [0.4, 0.5) is 5.69 Å². The van der Waals surface area contributed by atoms with E-state index in [4.69, 9.17) is 0 Å². The van der Waals surface area contributed by atoms with Crippen LogP contribution in [-0.2, 0) is 23.0 Å². The van der Waals surface area contributed by atoms with Gasteiger partial charge in [0.25, 0.3) is 15.9 Å². The second-order valence-corrected chi connectivity index (χ2v) is 11.2.